The molecule has 2 N–H and O–H groups in total. The topological polar surface area (TPSA) is 70.6 Å². The summed E-state index contributed by atoms with van der Waals surface area (Å²) in [7, 11) is 0. The molecule has 0 radical (unpaired) electrons. The van der Waals surface area contributed by atoms with Gasteiger partial charge in [-0.3, -0.25) is 9.59 Å². The summed E-state index contributed by atoms with van der Waals surface area (Å²) >= 11 is 0. The maximum absolute atomic E-state index is 11.5. The Bertz CT molecular complexity index is 548. The lowest BCUT2D eigenvalue weighted by Crippen LogP contribution is -2.41. The summed E-state index contributed by atoms with van der Waals surface area (Å²) < 4.78 is 0. The minimum Gasteiger partial charge on any atom is -0.346 e. The van der Waals surface area contributed by atoms with E-state index in [4.69, 9.17) is 0 Å². The molecule has 2 amide bonds. The highest BCUT2D eigenvalue weighted by molar-refractivity contribution is 6.35. The first-order valence-corrected chi connectivity index (χ1v) is 6.54. The zero-order valence-electron chi connectivity index (χ0n) is 12.6. The summed E-state index contributed by atoms with van der Waals surface area (Å²) in [5.74, 6) is -1.44. The van der Waals surface area contributed by atoms with E-state index >= 15 is 0 Å². The minimum absolute atomic E-state index is 0.0858. The van der Waals surface area contributed by atoms with Gasteiger partial charge in [-0.15, -0.1) is 0 Å². The van der Waals surface area contributed by atoms with Crippen molar-refractivity contribution < 1.29 is 9.59 Å². The molecule has 0 aliphatic carbocycles. The Morgan fingerprint density at radius 2 is 1.80 bits per heavy atom. The average molecular weight is 275 g/mol. The molecule has 5 heteroatoms. The van der Waals surface area contributed by atoms with Crippen molar-refractivity contribution in [2.75, 3.05) is 0 Å². The first-order chi connectivity index (χ1) is 9.31. The van der Waals surface area contributed by atoms with Gasteiger partial charge in [-0.1, -0.05) is 17.7 Å². The molecule has 0 aliphatic rings. The van der Waals surface area contributed by atoms with Crippen LogP contribution < -0.4 is 10.7 Å². The smallest absolute Gasteiger partial charge is 0.329 e. The Balaban J connectivity index is 2.77. The molecule has 1 rings (SSSR count). The van der Waals surface area contributed by atoms with Crippen LogP contribution in [0.15, 0.2) is 23.3 Å². The van der Waals surface area contributed by atoms with E-state index in [0.29, 0.717) is 5.71 Å². The van der Waals surface area contributed by atoms with Gasteiger partial charge in [0.2, 0.25) is 0 Å². The molecule has 0 atom stereocenters. The second-order valence-corrected chi connectivity index (χ2v) is 5.08. The molecular weight excluding hydrogens is 254 g/mol. The highest BCUT2D eigenvalue weighted by atomic mass is 16.2. The summed E-state index contributed by atoms with van der Waals surface area (Å²) in [5, 5.41) is 6.49. The van der Waals surface area contributed by atoms with Crippen molar-refractivity contribution in [1.29, 1.82) is 0 Å². The van der Waals surface area contributed by atoms with Crippen LogP contribution in [0.1, 0.15) is 37.5 Å². The van der Waals surface area contributed by atoms with E-state index in [1.165, 1.54) is 0 Å². The third kappa shape index (κ3) is 4.50. The van der Waals surface area contributed by atoms with Crippen LogP contribution in [0.2, 0.25) is 0 Å². The Labute approximate surface area is 119 Å². The highest BCUT2D eigenvalue weighted by Crippen LogP contribution is 2.11. The van der Waals surface area contributed by atoms with Crippen LogP contribution in [-0.2, 0) is 9.59 Å². The Kier molecular flexibility index (Phi) is 5.43. The Morgan fingerprint density at radius 1 is 1.15 bits per heavy atom. The van der Waals surface area contributed by atoms with E-state index in [-0.39, 0.29) is 6.04 Å². The fourth-order valence-corrected chi connectivity index (χ4v) is 1.70. The van der Waals surface area contributed by atoms with E-state index < -0.39 is 11.8 Å². The molecule has 0 saturated heterocycles. The van der Waals surface area contributed by atoms with Crippen LogP contribution >= 0.6 is 0 Å². The summed E-state index contributed by atoms with van der Waals surface area (Å²) in [6.07, 6.45) is 0. The van der Waals surface area contributed by atoms with Gasteiger partial charge in [0.1, 0.15) is 0 Å². The third-order valence-electron chi connectivity index (χ3n) is 2.73. The zero-order chi connectivity index (χ0) is 15.3. The van der Waals surface area contributed by atoms with Gasteiger partial charge in [0.25, 0.3) is 0 Å². The predicted molar refractivity (Wildman–Crippen MR) is 79.5 cm³/mol. The molecule has 0 aromatic heterocycles. The largest absolute Gasteiger partial charge is 0.346 e. The number of hydrogen-bond donors (Lipinski definition) is 2. The van der Waals surface area contributed by atoms with Crippen molar-refractivity contribution in [3.05, 3.63) is 34.9 Å². The molecule has 0 aliphatic heterocycles. The second kappa shape index (κ2) is 6.84. The number of hydrazone groups is 1. The lowest BCUT2D eigenvalue weighted by molar-refractivity contribution is -0.139. The lowest BCUT2D eigenvalue weighted by atomic mass is 10.0. The van der Waals surface area contributed by atoms with Crippen molar-refractivity contribution in [2.24, 2.45) is 5.10 Å². The number of nitrogens with one attached hydrogen (secondary N) is 2. The van der Waals surface area contributed by atoms with Crippen LogP contribution in [0.25, 0.3) is 0 Å². The number of benzene rings is 1. The van der Waals surface area contributed by atoms with Crippen LogP contribution in [0, 0.1) is 13.8 Å². The van der Waals surface area contributed by atoms with E-state index in [9.17, 15) is 9.59 Å². The maximum Gasteiger partial charge on any atom is 0.329 e. The van der Waals surface area contributed by atoms with E-state index in [1.807, 2.05) is 32.0 Å². The van der Waals surface area contributed by atoms with Gasteiger partial charge in [-0.25, -0.2) is 5.43 Å². The standard InChI is InChI=1S/C15H21N3O2/c1-9(2)16-14(19)15(20)18-17-12(5)13-8-10(3)6-7-11(13)4/h6-9H,1-5H3,(H,16,19)(H,18,20)/b17-12-. The number of amides is 2. The van der Waals surface area contributed by atoms with E-state index in [1.54, 1.807) is 20.8 Å². The molecule has 0 bridgehead atoms. The van der Waals surface area contributed by atoms with Crippen LogP contribution in [0.5, 0.6) is 0 Å². The van der Waals surface area contributed by atoms with Gasteiger partial charge >= 0.3 is 11.8 Å². The molecule has 0 saturated carbocycles. The van der Waals surface area contributed by atoms with Crippen molar-refractivity contribution in [3.63, 3.8) is 0 Å². The highest BCUT2D eigenvalue weighted by Gasteiger charge is 2.13. The number of rotatable bonds is 3. The molecule has 1 aromatic rings. The predicted octanol–water partition coefficient (Wildman–Crippen LogP) is 1.67. The van der Waals surface area contributed by atoms with Gasteiger partial charge in [0.05, 0.1) is 5.71 Å². The maximum atomic E-state index is 11.5. The molecule has 0 spiro atoms. The van der Waals surface area contributed by atoms with Crippen LogP contribution in [0.3, 0.4) is 0 Å². The molecule has 0 fully saturated rings. The monoisotopic (exact) mass is 275 g/mol. The van der Waals surface area contributed by atoms with E-state index in [2.05, 4.69) is 15.8 Å². The lowest BCUT2D eigenvalue weighted by Gasteiger charge is -2.08. The summed E-state index contributed by atoms with van der Waals surface area (Å²) in [6.45, 7) is 9.33. The number of aryl methyl sites for hydroxylation is 2. The van der Waals surface area contributed by atoms with Crippen molar-refractivity contribution in [1.82, 2.24) is 10.7 Å². The molecule has 108 valence electrons. The normalized spacial score (nSPS) is 11.4. The van der Waals surface area contributed by atoms with Crippen molar-refractivity contribution >= 4 is 17.5 Å². The SMILES string of the molecule is C/C(=N/NC(=O)C(=O)NC(C)C)c1cc(C)ccc1C. The fourth-order valence-electron chi connectivity index (χ4n) is 1.70. The van der Waals surface area contributed by atoms with Gasteiger partial charge in [-0.05, 0) is 46.2 Å². The summed E-state index contributed by atoms with van der Waals surface area (Å²) in [4.78, 5) is 23.0. The molecular formula is C15H21N3O2. The zero-order valence-corrected chi connectivity index (χ0v) is 12.6. The average Bonchev–Trinajstić information content (AvgIpc) is 2.37. The number of hydrogen-bond acceptors (Lipinski definition) is 3. The van der Waals surface area contributed by atoms with Gasteiger partial charge in [0.15, 0.2) is 0 Å². The Morgan fingerprint density at radius 3 is 2.40 bits per heavy atom. The van der Waals surface area contributed by atoms with E-state index in [0.717, 1.165) is 16.7 Å². The molecule has 1 aromatic carbocycles. The third-order valence-corrected chi connectivity index (χ3v) is 2.73. The first kappa shape index (κ1) is 15.9. The van der Waals surface area contributed by atoms with Crippen molar-refractivity contribution in [3.8, 4) is 0 Å². The Hall–Kier alpha value is -2.17. The number of carbonyl (C=O) groups excluding carboxylic acids is 2. The van der Waals surface area contributed by atoms with Crippen LogP contribution in [-0.4, -0.2) is 23.6 Å². The van der Waals surface area contributed by atoms with Gasteiger partial charge in [0, 0.05) is 11.6 Å². The number of carbonyl (C=O) groups is 2. The molecule has 20 heavy (non-hydrogen) atoms. The van der Waals surface area contributed by atoms with Crippen molar-refractivity contribution in [2.45, 2.75) is 40.7 Å². The van der Waals surface area contributed by atoms with Gasteiger partial charge in [-0.2, -0.15) is 5.10 Å². The summed E-state index contributed by atoms with van der Waals surface area (Å²) in [5.41, 5.74) is 6.07. The first-order valence-electron chi connectivity index (χ1n) is 6.54. The van der Waals surface area contributed by atoms with Crippen LogP contribution in [0.4, 0.5) is 0 Å². The number of nitrogens with zero attached hydrogens (tertiary/aromatic N) is 1. The molecule has 0 unspecified atom stereocenters. The molecule has 5 nitrogen and oxygen atoms in total. The quantitative estimate of drug-likeness (QED) is 0.500. The second-order valence-electron chi connectivity index (χ2n) is 5.08. The molecule has 0 heterocycles. The summed E-state index contributed by atoms with van der Waals surface area (Å²) in [6, 6.07) is 5.92. The van der Waals surface area contributed by atoms with Gasteiger partial charge < -0.3 is 5.32 Å². The minimum atomic E-state index is -0.761. The fraction of sp³-hybridized carbons (Fsp3) is 0.400.